The first kappa shape index (κ1) is 16.2. The average molecular weight is 357 g/mol. The quantitative estimate of drug-likeness (QED) is 0.723. The number of cyclic esters (lactones) is 1. The number of halogens is 2. The topological polar surface area (TPSA) is 91.2 Å². The van der Waals surface area contributed by atoms with Crippen molar-refractivity contribution >= 4 is 11.9 Å². The zero-order chi connectivity index (χ0) is 18.4. The van der Waals surface area contributed by atoms with Crippen LogP contribution in [0.25, 0.3) is 11.5 Å². The molecule has 4 rings (SSSR count). The molecule has 132 valence electrons. The molecule has 0 spiro atoms. The first-order valence-electron chi connectivity index (χ1n) is 7.81. The number of benzene rings is 1. The van der Waals surface area contributed by atoms with E-state index in [1.807, 2.05) is 0 Å². The maximum Gasteiger partial charge on any atom is 0.343 e. The lowest BCUT2D eigenvalue weighted by Crippen LogP contribution is -2.08. The second-order valence-corrected chi connectivity index (χ2v) is 5.93. The predicted molar refractivity (Wildman–Crippen MR) is 87.1 cm³/mol. The summed E-state index contributed by atoms with van der Waals surface area (Å²) in [7, 11) is 0. The van der Waals surface area contributed by atoms with Gasteiger partial charge < -0.3 is 14.9 Å². The summed E-state index contributed by atoms with van der Waals surface area (Å²) in [6.07, 6.45) is -0.852. The highest BCUT2D eigenvalue weighted by Gasteiger charge is 2.37. The number of hydrogen-bond donors (Lipinski definition) is 1. The molecule has 0 amide bonds. The SMILES string of the molecule is Cc1ccc(-c2nc(N)nc3c2C(=O)OC3Cc2ccc(F)cc2F)o1. The van der Waals surface area contributed by atoms with Gasteiger partial charge in [-0.05, 0) is 30.7 Å². The Labute approximate surface area is 146 Å². The Bertz CT molecular complexity index is 1030. The monoisotopic (exact) mass is 357 g/mol. The summed E-state index contributed by atoms with van der Waals surface area (Å²) in [4.78, 5) is 20.6. The summed E-state index contributed by atoms with van der Waals surface area (Å²) in [5.41, 5.74) is 6.60. The van der Waals surface area contributed by atoms with Crippen molar-refractivity contribution in [2.45, 2.75) is 19.4 Å². The van der Waals surface area contributed by atoms with Gasteiger partial charge in [-0.2, -0.15) is 0 Å². The molecule has 26 heavy (non-hydrogen) atoms. The summed E-state index contributed by atoms with van der Waals surface area (Å²) in [5.74, 6) is -1.11. The van der Waals surface area contributed by atoms with Gasteiger partial charge in [0.05, 0.1) is 0 Å². The van der Waals surface area contributed by atoms with Crippen molar-refractivity contribution in [3.63, 3.8) is 0 Å². The van der Waals surface area contributed by atoms with Crippen LogP contribution in [0.2, 0.25) is 0 Å². The van der Waals surface area contributed by atoms with Gasteiger partial charge in [0.15, 0.2) is 5.76 Å². The number of nitrogens with two attached hydrogens (primary N) is 1. The van der Waals surface area contributed by atoms with Crippen molar-refractivity contribution in [3.05, 3.63) is 64.5 Å². The third kappa shape index (κ3) is 2.69. The number of furan rings is 1. The van der Waals surface area contributed by atoms with Crippen molar-refractivity contribution in [1.82, 2.24) is 9.97 Å². The van der Waals surface area contributed by atoms with E-state index in [-0.39, 0.29) is 34.9 Å². The summed E-state index contributed by atoms with van der Waals surface area (Å²) in [6.45, 7) is 1.76. The summed E-state index contributed by atoms with van der Waals surface area (Å²) in [6, 6.07) is 6.61. The lowest BCUT2D eigenvalue weighted by atomic mass is 10.0. The van der Waals surface area contributed by atoms with Crippen LogP contribution in [-0.4, -0.2) is 15.9 Å². The van der Waals surface area contributed by atoms with Crippen LogP contribution in [0.15, 0.2) is 34.7 Å². The Kier molecular flexibility index (Phi) is 3.68. The number of rotatable bonds is 3. The number of carbonyl (C=O) groups excluding carboxylic acids is 1. The molecule has 1 aliphatic heterocycles. The first-order valence-corrected chi connectivity index (χ1v) is 7.81. The van der Waals surface area contributed by atoms with Gasteiger partial charge in [0.1, 0.15) is 40.4 Å². The normalized spacial score (nSPS) is 15.8. The molecule has 6 nitrogen and oxygen atoms in total. The minimum Gasteiger partial charge on any atom is -0.460 e. The van der Waals surface area contributed by atoms with Crippen LogP contribution < -0.4 is 5.73 Å². The van der Waals surface area contributed by atoms with Crippen LogP contribution in [0.3, 0.4) is 0 Å². The molecular formula is C18H13F2N3O3. The molecule has 0 fully saturated rings. The summed E-state index contributed by atoms with van der Waals surface area (Å²) < 4.78 is 37.9. The van der Waals surface area contributed by atoms with Crippen molar-refractivity contribution < 1.29 is 22.7 Å². The van der Waals surface area contributed by atoms with Gasteiger partial charge in [0.2, 0.25) is 5.95 Å². The number of nitrogen functional groups attached to an aromatic ring is 1. The van der Waals surface area contributed by atoms with E-state index in [2.05, 4.69) is 9.97 Å². The molecule has 2 aromatic heterocycles. The average Bonchev–Trinajstić information content (AvgIpc) is 3.14. The predicted octanol–water partition coefficient (Wildman–Crippen LogP) is 3.36. The molecule has 0 aliphatic carbocycles. The number of aromatic nitrogens is 2. The standard InChI is InChI=1S/C18H13F2N3O3/c1-8-2-5-12(25-8)15-14-16(23-18(21)22-15)13(26-17(14)24)6-9-3-4-10(19)7-11(9)20/h2-5,7,13H,6H2,1H3,(H2,21,22,23). The zero-order valence-corrected chi connectivity index (χ0v) is 13.6. The lowest BCUT2D eigenvalue weighted by molar-refractivity contribution is 0.0381. The number of anilines is 1. The largest absolute Gasteiger partial charge is 0.460 e. The number of hydrogen-bond acceptors (Lipinski definition) is 6. The molecular weight excluding hydrogens is 344 g/mol. The molecule has 1 aliphatic rings. The summed E-state index contributed by atoms with van der Waals surface area (Å²) >= 11 is 0. The van der Waals surface area contributed by atoms with Gasteiger partial charge in [-0.25, -0.2) is 23.5 Å². The third-order valence-corrected chi connectivity index (χ3v) is 4.11. The van der Waals surface area contributed by atoms with Crippen molar-refractivity contribution in [1.29, 1.82) is 0 Å². The molecule has 1 unspecified atom stereocenters. The number of nitrogens with zero attached hydrogens (tertiary/aromatic N) is 2. The second kappa shape index (κ2) is 5.91. The van der Waals surface area contributed by atoms with E-state index >= 15 is 0 Å². The van der Waals surface area contributed by atoms with Gasteiger partial charge in [-0.15, -0.1) is 0 Å². The molecule has 2 N–H and O–H groups in total. The molecule has 1 atom stereocenters. The molecule has 0 radical (unpaired) electrons. The molecule has 0 saturated heterocycles. The van der Waals surface area contributed by atoms with Crippen molar-refractivity contribution in [3.8, 4) is 11.5 Å². The second-order valence-electron chi connectivity index (χ2n) is 5.93. The lowest BCUT2D eigenvalue weighted by Gasteiger charge is -2.11. The van der Waals surface area contributed by atoms with Crippen LogP contribution in [0.4, 0.5) is 14.7 Å². The molecule has 0 saturated carbocycles. The maximum atomic E-state index is 14.0. The van der Waals surface area contributed by atoms with E-state index in [1.165, 1.54) is 6.07 Å². The first-order chi connectivity index (χ1) is 12.4. The highest BCUT2D eigenvalue weighted by Crippen LogP contribution is 2.38. The number of esters is 1. The fraction of sp³-hybridized carbons (Fsp3) is 0.167. The number of aryl methyl sites for hydroxylation is 1. The number of ether oxygens (including phenoxy) is 1. The fourth-order valence-corrected chi connectivity index (χ4v) is 2.94. The Morgan fingerprint density at radius 1 is 1.19 bits per heavy atom. The van der Waals surface area contributed by atoms with Crippen LogP contribution in [0, 0.1) is 18.6 Å². The maximum absolute atomic E-state index is 14.0. The van der Waals surface area contributed by atoms with Gasteiger partial charge in [0.25, 0.3) is 0 Å². The van der Waals surface area contributed by atoms with Crippen molar-refractivity contribution in [2.75, 3.05) is 5.73 Å². The fourth-order valence-electron chi connectivity index (χ4n) is 2.94. The van der Waals surface area contributed by atoms with Gasteiger partial charge in [-0.3, -0.25) is 0 Å². The van der Waals surface area contributed by atoms with Crippen LogP contribution in [0.1, 0.15) is 33.5 Å². The van der Waals surface area contributed by atoms with E-state index < -0.39 is 23.7 Å². The Hall–Kier alpha value is -3.29. The molecule has 8 heteroatoms. The smallest absolute Gasteiger partial charge is 0.343 e. The minimum absolute atomic E-state index is 0.00205. The Morgan fingerprint density at radius 3 is 2.69 bits per heavy atom. The van der Waals surface area contributed by atoms with E-state index in [9.17, 15) is 13.6 Å². The van der Waals surface area contributed by atoms with Crippen LogP contribution >= 0.6 is 0 Å². The highest BCUT2D eigenvalue weighted by atomic mass is 19.1. The molecule has 0 bridgehead atoms. The van der Waals surface area contributed by atoms with E-state index in [0.29, 0.717) is 11.5 Å². The third-order valence-electron chi connectivity index (χ3n) is 4.11. The Morgan fingerprint density at radius 2 is 2.00 bits per heavy atom. The van der Waals surface area contributed by atoms with E-state index in [1.54, 1.807) is 19.1 Å². The minimum atomic E-state index is -0.849. The molecule has 3 heterocycles. The highest BCUT2D eigenvalue weighted by molar-refractivity contribution is 5.99. The van der Waals surface area contributed by atoms with Gasteiger partial charge >= 0.3 is 5.97 Å². The Balaban J connectivity index is 1.78. The summed E-state index contributed by atoms with van der Waals surface area (Å²) in [5, 5.41) is 0. The molecule has 3 aromatic rings. The molecule has 1 aromatic carbocycles. The number of carbonyl (C=O) groups is 1. The van der Waals surface area contributed by atoms with E-state index in [4.69, 9.17) is 14.9 Å². The van der Waals surface area contributed by atoms with Crippen molar-refractivity contribution in [2.24, 2.45) is 0 Å². The van der Waals surface area contributed by atoms with E-state index in [0.717, 1.165) is 12.1 Å². The van der Waals surface area contributed by atoms with Crippen LogP contribution in [-0.2, 0) is 11.2 Å². The zero-order valence-electron chi connectivity index (χ0n) is 13.6. The van der Waals surface area contributed by atoms with Gasteiger partial charge in [0, 0.05) is 12.5 Å². The van der Waals surface area contributed by atoms with Gasteiger partial charge in [-0.1, -0.05) is 6.07 Å². The van der Waals surface area contributed by atoms with Crippen LogP contribution in [0.5, 0.6) is 0 Å². The number of fused-ring (bicyclic) bond motifs is 1.